The van der Waals surface area contributed by atoms with Gasteiger partial charge < -0.3 is 9.73 Å². The van der Waals surface area contributed by atoms with E-state index in [1.807, 2.05) is 13.8 Å². The van der Waals surface area contributed by atoms with Crippen molar-refractivity contribution < 1.29 is 9.21 Å². The smallest absolute Gasteiger partial charge is 0.309 e. The maximum atomic E-state index is 12.0. The molecule has 2 rings (SSSR count). The van der Waals surface area contributed by atoms with E-state index < -0.39 is 0 Å². The lowest BCUT2D eigenvalue weighted by Crippen LogP contribution is -2.34. The molecule has 0 atom stereocenters. The van der Waals surface area contributed by atoms with E-state index >= 15 is 0 Å². The second-order valence-corrected chi connectivity index (χ2v) is 5.26. The van der Waals surface area contributed by atoms with Crippen LogP contribution >= 0.6 is 0 Å². The van der Waals surface area contributed by atoms with Gasteiger partial charge in [-0.2, -0.15) is 0 Å². The van der Waals surface area contributed by atoms with Crippen molar-refractivity contribution >= 4 is 5.91 Å². The third-order valence-electron chi connectivity index (χ3n) is 3.32. The van der Waals surface area contributed by atoms with Gasteiger partial charge in [0.15, 0.2) is 0 Å². The fourth-order valence-electron chi connectivity index (χ4n) is 2.23. The molecule has 1 aromatic rings. The van der Waals surface area contributed by atoms with E-state index in [1.165, 1.54) is 25.7 Å². The van der Waals surface area contributed by atoms with E-state index in [4.69, 9.17) is 4.42 Å². The van der Waals surface area contributed by atoms with E-state index in [0.717, 1.165) is 12.8 Å². The van der Waals surface area contributed by atoms with Gasteiger partial charge in [0.25, 0.3) is 0 Å². The number of hydrogen-bond donors (Lipinski definition) is 1. The van der Waals surface area contributed by atoms with Crippen LogP contribution in [0.4, 0.5) is 0 Å². The zero-order valence-corrected chi connectivity index (χ0v) is 11.1. The molecule has 0 spiro atoms. The zero-order valence-electron chi connectivity index (χ0n) is 11.1. The fourth-order valence-corrected chi connectivity index (χ4v) is 2.23. The highest BCUT2D eigenvalue weighted by molar-refractivity contribution is 5.89. The minimum Gasteiger partial charge on any atom is -0.417 e. The Hall–Kier alpha value is -1.39. The third-order valence-corrected chi connectivity index (χ3v) is 3.32. The molecule has 1 N–H and O–H groups in total. The summed E-state index contributed by atoms with van der Waals surface area (Å²) in [7, 11) is 0. The molecule has 100 valence electrons. The van der Waals surface area contributed by atoms with Crippen LogP contribution in [-0.4, -0.2) is 22.1 Å². The first-order valence-electron chi connectivity index (χ1n) is 6.81. The van der Waals surface area contributed by atoms with Crippen LogP contribution in [-0.2, 0) is 0 Å². The lowest BCUT2D eigenvalue weighted by atomic mass is 10.1. The van der Waals surface area contributed by atoms with Gasteiger partial charge in [-0.05, 0) is 12.8 Å². The highest BCUT2D eigenvalue weighted by atomic mass is 16.4. The third kappa shape index (κ3) is 3.31. The molecule has 5 nitrogen and oxygen atoms in total. The van der Waals surface area contributed by atoms with E-state index in [1.54, 1.807) is 0 Å². The van der Waals surface area contributed by atoms with Crippen LogP contribution in [0, 0.1) is 0 Å². The fraction of sp³-hybridized carbons (Fsp3) is 0.769. The summed E-state index contributed by atoms with van der Waals surface area (Å²) in [4.78, 5) is 12.0. The van der Waals surface area contributed by atoms with Crippen molar-refractivity contribution in [1.82, 2.24) is 15.5 Å². The van der Waals surface area contributed by atoms with Gasteiger partial charge in [0, 0.05) is 12.0 Å². The van der Waals surface area contributed by atoms with Crippen LogP contribution in [0.2, 0.25) is 0 Å². The van der Waals surface area contributed by atoms with E-state index in [2.05, 4.69) is 15.5 Å². The quantitative estimate of drug-likeness (QED) is 0.838. The lowest BCUT2D eigenvalue weighted by Gasteiger charge is -2.14. The predicted molar refractivity (Wildman–Crippen MR) is 67.3 cm³/mol. The SMILES string of the molecule is CC(C)c1nnc(C(=O)NC2CCCCCC2)o1. The lowest BCUT2D eigenvalue weighted by molar-refractivity contribution is 0.0896. The molecule has 1 aliphatic carbocycles. The first-order chi connectivity index (χ1) is 8.66. The minimum atomic E-state index is -0.235. The Morgan fingerprint density at radius 2 is 1.89 bits per heavy atom. The highest BCUT2D eigenvalue weighted by Gasteiger charge is 2.20. The molecule has 1 amide bonds. The van der Waals surface area contributed by atoms with Crippen molar-refractivity contribution in [3.8, 4) is 0 Å². The second-order valence-electron chi connectivity index (χ2n) is 5.26. The van der Waals surface area contributed by atoms with Crippen molar-refractivity contribution in [1.29, 1.82) is 0 Å². The number of carbonyl (C=O) groups excluding carboxylic acids is 1. The van der Waals surface area contributed by atoms with Crippen molar-refractivity contribution in [2.75, 3.05) is 0 Å². The van der Waals surface area contributed by atoms with Crippen LogP contribution in [0.1, 0.15) is 74.9 Å². The number of nitrogens with one attached hydrogen (secondary N) is 1. The minimum absolute atomic E-state index is 0.0861. The van der Waals surface area contributed by atoms with Gasteiger partial charge in [-0.1, -0.05) is 39.5 Å². The van der Waals surface area contributed by atoms with Crippen molar-refractivity contribution in [3.05, 3.63) is 11.8 Å². The molecule has 1 aliphatic rings. The molecular weight excluding hydrogens is 230 g/mol. The standard InChI is InChI=1S/C13H21N3O2/c1-9(2)12-15-16-13(18-12)11(17)14-10-7-5-3-4-6-8-10/h9-10H,3-8H2,1-2H3,(H,14,17). The first-order valence-corrected chi connectivity index (χ1v) is 6.81. The molecule has 18 heavy (non-hydrogen) atoms. The predicted octanol–water partition coefficient (Wildman–Crippen LogP) is 2.65. The number of amides is 1. The molecule has 0 radical (unpaired) electrons. The van der Waals surface area contributed by atoms with Crippen LogP contribution in [0.15, 0.2) is 4.42 Å². The number of aromatic nitrogens is 2. The van der Waals surface area contributed by atoms with E-state index in [0.29, 0.717) is 5.89 Å². The number of nitrogens with zero attached hydrogens (tertiary/aromatic N) is 2. The average Bonchev–Trinajstić information content (AvgIpc) is 2.70. The average molecular weight is 251 g/mol. The van der Waals surface area contributed by atoms with Crippen LogP contribution in [0.3, 0.4) is 0 Å². The Kier molecular flexibility index (Phi) is 4.33. The van der Waals surface area contributed by atoms with E-state index in [-0.39, 0.29) is 23.8 Å². The van der Waals surface area contributed by atoms with Gasteiger partial charge in [-0.15, -0.1) is 10.2 Å². The van der Waals surface area contributed by atoms with Crippen molar-refractivity contribution in [3.63, 3.8) is 0 Å². The van der Waals surface area contributed by atoms with Crippen LogP contribution < -0.4 is 5.32 Å². The maximum Gasteiger partial charge on any atom is 0.309 e. The summed E-state index contributed by atoms with van der Waals surface area (Å²) >= 11 is 0. The number of rotatable bonds is 3. The number of carbonyl (C=O) groups is 1. The Balaban J connectivity index is 1.93. The summed E-state index contributed by atoms with van der Waals surface area (Å²) in [6, 6.07) is 0.259. The molecular formula is C13H21N3O2. The summed E-state index contributed by atoms with van der Waals surface area (Å²) < 4.78 is 5.35. The molecule has 1 fully saturated rings. The molecule has 0 saturated heterocycles. The summed E-state index contributed by atoms with van der Waals surface area (Å²) in [5, 5.41) is 10.7. The van der Waals surface area contributed by atoms with Crippen molar-refractivity contribution in [2.45, 2.75) is 64.3 Å². The van der Waals surface area contributed by atoms with Crippen LogP contribution in [0.5, 0.6) is 0 Å². The molecule has 0 aliphatic heterocycles. The Morgan fingerprint density at radius 1 is 1.22 bits per heavy atom. The topological polar surface area (TPSA) is 68.0 Å². The monoisotopic (exact) mass is 251 g/mol. The van der Waals surface area contributed by atoms with Gasteiger partial charge in [0.1, 0.15) is 0 Å². The van der Waals surface area contributed by atoms with Gasteiger partial charge in [-0.25, -0.2) is 0 Å². The largest absolute Gasteiger partial charge is 0.417 e. The summed E-state index contributed by atoms with van der Waals surface area (Å²) in [6.07, 6.45) is 7.01. The van der Waals surface area contributed by atoms with Crippen LogP contribution in [0.25, 0.3) is 0 Å². The summed E-state index contributed by atoms with van der Waals surface area (Å²) in [5.41, 5.74) is 0. The molecule has 0 aromatic carbocycles. The van der Waals surface area contributed by atoms with Gasteiger partial charge in [0.05, 0.1) is 0 Å². The first kappa shape index (κ1) is 13.1. The highest BCUT2D eigenvalue weighted by Crippen LogP contribution is 2.18. The molecule has 0 unspecified atom stereocenters. The Bertz CT molecular complexity index is 393. The molecule has 1 heterocycles. The maximum absolute atomic E-state index is 12.0. The van der Waals surface area contributed by atoms with Gasteiger partial charge >= 0.3 is 11.8 Å². The molecule has 5 heteroatoms. The Labute approximate surface area is 107 Å². The van der Waals surface area contributed by atoms with Crippen molar-refractivity contribution in [2.24, 2.45) is 0 Å². The van der Waals surface area contributed by atoms with Gasteiger partial charge in [0.2, 0.25) is 5.89 Å². The zero-order chi connectivity index (χ0) is 13.0. The normalized spacial score (nSPS) is 17.7. The molecule has 0 bridgehead atoms. The summed E-state index contributed by atoms with van der Waals surface area (Å²) in [5.74, 6) is 0.516. The van der Waals surface area contributed by atoms with Gasteiger partial charge in [-0.3, -0.25) is 4.79 Å². The Morgan fingerprint density at radius 3 is 2.44 bits per heavy atom. The molecule has 1 saturated carbocycles. The summed E-state index contributed by atoms with van der Waals surface area (Å²) in [6.45, 7) is 3.92. The number of hydrogen-bond acceptors (Lipinski definition) is 4. The second kappa shape index (κ2) is 5.98. The molecule has 1 aromatic heterocycles. The van der Waals surface area contributed by atoms with E-state index in [9.17, 15) is 4.79 Å².